The van der Waals surface area contributed by atoms with Crippen LogP contribution in [0.2, 0.25) is 10.0 Å². The van der Waals surface area contributed by atoms with Crippen LogP contribution < -0.4 is 5.32 Å². The summed E-state index contributed by atoms with van der Waals surface area (Å²) in [5, 5.41) is 13.8. The lowest BCUT2D eigenvalue weighted by Gasteiger charge is -2.31. The van der Waals surface area contributed by atoms with Gasteiger partial charge in [-0.1, -0.05) is 29.3 Å². The Morgan fingerprint density at radius 1 is 1.21 bits per heavy atom. The summed E-state index contributed by atoms with van der Waals surface area (Å²) in [6.45, 7) is 0.234. The van der Waals surface area contributed by atoms with Gasteiger partial charge in [0, 0.05) is 35.9 Å². The Hall–Kier alpha value is -2.20. The molecule has 0 aliphatic carbocycles. The summed E-state index contributed by atoms with van der Waals surface area (Å²) < 4.78 is 27.2. The molecule has 0 saturated carbocycles. The lowest BCUT2D eigenvalue weighted by molar-refractivity contribution is -0.384. The molecule has 1 aliphatic rings. The second-order valence-electron chi connectivity index (χ2n) is 6.57. The van der Waals surface area contributed by atoms with Gasteiger partial charge in [0.1, 0.15) is 4.90 Å². The number of amides is 1. The number of nitrogens with zero attached hydrogens (tertiary/aromatic N) is 2. The van der Waals surface area contributed by atoms with Gasteiger partial charge in [0.25, 0.3) is 5.69 Å². The van der Waals surface area contributed by atoms with Crippen molar-refractivity contribution in [3.8, 4) is 0 Å². The monoisotopic (exact) mass is 457 g/mol. The maximum absolute atomic E-state index is 13.0. The average molecular weight is 458 g/mol. The number of halogens is 2. The molecule has 1 saturated heterocycles. The van der Waals surface area contributed by atoms with E-state index in [4.69, 9.17) is 23.2 Å². The minimum atomic E-state index is -3.92. The zero-order chi connectivity index (χ0) is 21.2. The fraction of sp³-hybridized carbons (Fsp3) is 0.278. The molecule has 8 nitrogen and oxygen atoms in total. The number of non-ortho nitro benzene ring substituents is 1. The zero-order valence-corrected chi connectivity index (χ0v) is 17.4. The van der Waals surface area contributed by atoms with Crippen LogP contribution in [0.1, 0.15) is 12.8 Å². The average Bonchev–Trinajstić information content (AvgIpc) is 2.70. The quantitative estimate of drug-likeness (QED) is 0.539. The number of nitrogens with one attached hydrogen (secondary N) is 1. The van der Waals surface area contributed by atoms with Gasteiger partial charge < -0.3 is 5.32 Å². The van der Waals surface area contributed by atoms with Crippen molar-refractivity contribution in [2.24, 2.45) is 5.92 Å². The van der Waals surface area contributed by atoms with E-state index in [-0.39, 0.29) is 39.4 Å². The fourth-order valence-corrected chi connectivity index (χ4v) is 5.39. The van der Waals surface area contributed by atoms with Crippen LogP contribution in [0.3, 0.4) is 0 Å². The van der Waals surface area contributed by atoms with E-state index in [0.29, 0.717) is 12.8 Å². The molecule has 11 heteroatoms. The number of anilines is 1. The van der Waals surface area contributed by atoms with E-state index in [1.807, 2.05) is 0 Å². The number of hydrogen-bond donors (Lipinski definition) is 1. The molecule has 0 radical (unpaired) electrons. The van der Waals surface area contributed by atoms with Crippen molar-refractivity contribution in [1.29, 1.82) is 0 Å². The number of rotatable bonds is 5. The number of hydrogen-bond acceptors (Lipinski definition) is 5. The van der Waals surface area contributed by atoms with E-state index in [0.717, 1.165) is 0 Å². The van der Waals surface area contributed by atoms with Crippen molar-refractivity contribution in [2.45, 2.75) is 17.7 Å². The Morgan fingerprint density at radius 2 is 1.97 bits per heavy atom. The third kappa shape index (κ3) is 4.87. The van der Waals surface area contributed by atoms with Crippen LogP contribution in [-0.2, 0) is 14.8 Å². The Labute approximate surface area is 177 Å². The van der Waals surface area contributed by atoms with Crippen LogP contribution in [-0.4, -0.2) is 36.6 Å². The lowest BCUT2D eigenvalue weighted by Crippen LogP contribution is -2.43. The number of nitro benzene ring substituents is 1. The molecule has 0 spiro atoms. The van der Waals surface area contributed by atoms with Crippen molar-refractivity contribution >= 4 is 50.5 Å². The SMILES string of the molecule is O=C(Nc1cccc([N+](=O)[O-])c1)[C@@H]1CCCN(S(=O)(=O)c2cc(Cl)ccc2Cl)C1. The van der Waals surface area contributed by atoms with Gasteiger partial charge in [-0.05, 0) is 37.1 Å². The summed E-state index contributed by atoms with van der Waals surface area (Å²) in [5.74, 6) is -1.00. The van der Waals surface area contributed by atoms with Gasteiger partial charge in [-0.25, -0.2) is 8.42 Å². The first-order valence-corrected chi connectivity index (χ1v) is 10.9. The highest BCUT2D eigenvalue weighted by Crippen LogP contribution is 2.31. The Morgan fingerprint density at radius 3 is 2.69 bits per heavy atom. The zero-order valence-electron chi connectivity index (χ0n) is 15.0. The van der Waals surface area contributed by atoms with Gasteiger partial charge in [-0.2, -0.15) is 4.31 Å². The third-order valence-corrected chi connectivity index (χ3v) is 7.17. The van der Waals surface area contributed by atoms with Crippen molar-refractivity contribution in [2.75, 3.05) is 18.4 Å². The number of piperidine rings is 1. The second kappa shape index (κ2) is 8.66. The lowest BCUT2D eigenvalue weighted by atomic mass is 9.98. The minimum absolute atomic E-state index is 0.0219. The summed E-state index contributed by atoms with van der Waals surface area (Å²) in [4.78, 5) is 22.8. The number of benzene rings is 2. The number of carbonyl (C=O) groups is 1. The smallest absolute Gasteiger partial charge is 0.271 e. The summed E-state index contributed by atoms with van der Waals surface area (Å²) >= 11 is 12.0. The molecule has 0 unspecified atom stereocenters. The van der Waals surface area contributed by atoms with Gasteiger partial charge in [0.2, 0.25) is 15.9 Å². The Kier molecular flexibility index (Phi) is 6.42. The highest BCUT2D eigenvalue weighted by atomic mass is 35.5. The van der Waals surface area contributed by atoms with Gasteiger partial charge in [-0.15, -0.1) is 0 Å². The molecule has 154 valence electrons. The molecule has 1 aliphatic heterocycles. The molecule has 2 aromatic rings. The molecule has 1 amide bonds. The van der Waals surface area contributed by atoms with Crippen molar-refractivity contribution in [1.82, 2.24) is 4.31 Å². The fourth-order valence-electron chi connectivity index (χ4n) is 3.13. The van der Waals surface area contributed by atoms with Crippen LogP contribution in [0.5, 0.6) is 0 Å². The van der Waals surface area contributed by atoms with Crippen LogP contribution in [0, 0.1) is 16.0 Å². The van der Waals surface area contributed by atoms with E-state index < -0.39 is 26.8 Å². The van der Waals surface area contributed by atoms with Crippen molar-refractivity contribution in [3.63, 3.8) is 0 Å². The van der Waals surface area contributed by atoms with E-state index in [2.05, 4.69) is 5.32 Å². The predicted molar refractivity (Wildman–Crippen MR) is 110 cm³/mol. The first-order chi connectivity index (χ1) is 13.7. The molecule has 0 aromatic heterocycles. The maximum atomic E-state index is 13.0. The van der Waals surface area contributed by atoms with Gasteiger partial charge >= 0.3 is 0 Å². The molecule has 0 bridgehead atoms. The van der Waals surface area contributed by atoms with E-state index >= 15 is 0 Å². The molecule has 29 heavy (non-hydrogen) atoms. The summed E-state index contributed by atoms with van der Waals surface area (Å²) in [6.07, 6.45) is 0.987. The van der Waals surface area contributed by atoms with Gasteiger partial charge in [0.05, 0.1) is 15.9 Å². The molecular formula is C18H17Cl2N3O5S. The van der Waals surface area contributed by atoms with Crippen molar-refractivity contribution in [3.05, 3.63) is 62.6 Å². The first-order valence-electron chi connectivity index (χ1n) is 8.69. The molecule has 1 heterocycles. The largest absolute Gasteiger partial charge is 0.326 e. The minimum Gasteiger partial charge on any atom is -0.326 e. The highest BCUT2D eigenvalue weighted by molar-refractivity contribution is 7.89. The molecule has 1 N–H and O–H groups in total. The van der Waals surface area contributed by atoms with Gasteiger partial charge in [-0.3, -0.25) is 14.9 Å². The van der Waals surface area contributed by atoms with E-state index in [1.54, 1.807) is 0 Å². The van der Waals surface area contributed by atoms with E-state index in [1.165, 1.54) is 46.8 Å². The molecular weight excluding hydrogens is 441 g/mol. The predicted octanol–water partition coefficient (Wildman–Crippen LogP) is 3.94. The van der Waals surface area contributed by atoms with Crippen molar-refractivity contribution < 1.29 is 18.1 Å². The Balaban J connectivity index is 1.76. The van der Waals surface area contributed by atoms with E-state index in [9.17, 15) is 23.3 Å². The molecule has 1 fully saturated rings. The summed E-state index contributed by atoms with van der Waals surface area (Å²) in [5.41, 5.74) is 0.133. The van der Waals surface area contributed by atoms with Crippen LogP contribution in [0.25, 0.3) is 0 Å². The standard InChI is InChI=1S/C18H17Cl2N3O5S/c19-13-6-7-16(20)17(9-13)29(27,28)22-8-2-3-12(11-22)18(24)21-14-4-1-5-15(10-14)23(25)26/h1,4-7,9-10,12H,2-3,8,11H2,(H,21,24)/t12-/m1/s1. The molecule has 2 aromatic carbocycles. The van der Waals surface area contributed by atoms with Crippen LogP contribution >= 0.6 is 23.2 Å². The normalized spacial score (nSPS) is 17.7. The molecule has 3 rings (SSSR count). The number of carbonyl (C=O) groups excluding carboxylic acids is 1. The van der Waals surface area contributed by atoms with Crippen LogP contribution in [0.15, 0.2) is 47.4 Å². The van der Waals surface area contributed by atoms with Gasteiger partial charge in [0.15, 0.2) is 0 Å². The number of nitro groups is 1. The van der Waals surface area contributed by atoms with Crippen LogP contribution in [0.4, 0.5) is 11.4 Å². The highest BCUT2D eigenvalue weighted by Gasteiger charge is 2.34. The summed E-state index contributed by atoms with van der Waals surface area (Å²) in [7, 11) is -3.92. The topological polar surface area (TPSA) is 110 Å². The summed E-state index contributed by atoms with van der Waals surface area (Å²) in [6, 6.07) is 9.76. The second-order valence-corrected chi connectivity index (χ2v) is 9.32. The Bertz CT molecular complexity index is 1060. The third-order valence-electron chi connectivity index (χ3n) is 4.59. The first kappa shape index (κ1) is 21.5. The molecule has 1 atom stereocenters. The maximum Gasteiger partial charge on any atom is 0.271 e. The number of sulfonamides is 1.